The average molecular weight is 276 g/mol. The van der Waals surface area contributed by atoms with Gasteiger partial charge in [-0.15, -0.1) is 0 Å². The predicted octanol–water partition coefficient (Wildman–Crippen LogP) is 4.04. The number of benzene rings is 2. The molecule has 0 aromatic heterocycles. The van der Waals surface area contributed by atoms with Crippen molar-refractivity contribution >= 4 is 11.6 Å². The van der Waals surface area contributed by atoms with E-state index in [9.17, 15) is 0 Å². The van der Waals surface area contributed by atoms with Crippen molar-refractivity contribution in [1.82, 2.24) is 0 Å². The van der Waals surface area contributed by atoms with Crippen molar-refractivity contribution in [3.8, 4) is 5.75 Å². The summed E-state index contributed by atoms with van der Waals surface area (Å²) in [6, 6.07) is 13.5. The van der Waals surface area contributed by atoms with E-state index in [1.54, 1.807) is 0 Å². The van der Waals surface area contributed by atoms with Crippen molar-refractivity contribution in [2.45, 2.75) is 19.9 Å². The molecule has 2 aromatic rings. The van der Waals surface area contributed by atoms with Crippen molar-refractivity contribution in [2.24, 2.45) is 5.73 Å². The first kappa shape index (κ1) is 13.9. The molecule has 3 heteroatoms. The third kappa shape index (κ3) is 3.49. The molecule has 0 radical (unpaired) electrons. The molecule has 0 aliphatic carbocycles. The van der Waals surface area contributed by atoms with Gasteiger partial charge in [0.2, 0.25) is 0 Å². The number of hydrogen-bond acceptors (Lipinski definition) is 2. The van der Waals surface area contributed by atoms with Gasteiger partial charge in [-0.1, -0.05) is 41.9 Å². The van der Waals surface area contributed by atoms with Crippen LogP contribution in [0, 0.1) is 13.8 Å². The van der Waals surface area contributed by atoms with Gasteiger partial charge >= 0.3 is 0 Å². The lowest BCUT2D eigenvalue weighted by molar-refractivity contribution is 0.287. The molecule has 0 saturated carbocycles. The van der Waals surface area contributed by atoms with Gasteiger partial charge in [0.05, 0.1) is 6.04 Å². The number of ether oxygens (including phenoxy) is 1. The Hall–Kier alpha value is -1.51. The normalized spacial score (nSPS) is 12.2. The Bertz CT molecular complexity index is 531. The largest absolute Gasteiger partial charge is 0.491 e. The van der Waals surface area contributed by atoms with Gasteiger partial charge in [0.1, 0.15) is 12.4 Å². The second-order valence-corrected chi connectivity index (χ2v) is 5.13. The van der Waals surface area contributed by atoms with E-state index >= 15 is 0 Å². The minimum Gasteiger partial charge on any atom is -0.491 e. The molecule has 19 heavy (non-hydrogen) atoms. The van der Waals surface area contributed by atoms with Gasteiger partial charge < -0.3 is 10.5 Å². The second kappa shape index (κ2) is 6.09. The minimum absolute atomic E-state index is 0.156. The Morgan fingerprint density at radius 2 is 1.63 bits per heavy atom. The summed E-state index contributed by atoms with van der Waals surface area (Å²) in [5, 5.41) is 0.714. The minimum atomic E-state index is -0.156. The predicted molar refractivity (Wildman–Crippen MR) is 79.8 cm³/mol. The highest BCUT2D eigenvalue weighted by atomic mass is 35.5. The molecule has 0 amide bonds. The van der Waals surface area contributed by atoms with Crippen LogP contribution in [0.3, 0.4) is 0 Å². The zero-order valence-electron chi connectivity index (χ0n) is 11.2. The highest BCUT2D eigenvalue weighted by Crippen LogP contribution is 2.24. The quantitative estimate of drug-likeness (QED) is 0.914. The van der Waals surface area contributed by atoms with E-state index in [1.807, 2.05) is 56.3 Å². The summed E-state index contributed by atoms with van der Waals surface area (Å²) in [5.41, 5.74) is 9.40. The third-order valence-corrected chi connectivity index (χ3v) is 3.37. The second-order valence-electron chi connectivity index (χ2n) is 4.69. The smallest absolute Gasteiger partial charge is 0.125 e. The zero-order valence-corrected chi connectivity index (χ0v) is 11.9. The summed E-state index contributed by atoms with van der Waals surface area (Å²) in [5.74, 6) is 0.923. The van der Waals surface area contributed by atoms with Crippen LogP contribution in [0.15, 0.2) is 42.5 Å². The summed E-state index contributed by atoms with van der Waals surface area (Å²) in [4.78, 5) is 0. The molecule has 0 spiro atoms. The zero-order chi connectivity index (χ0) is 13.8. The number of nitrogens with two attached hydrogens (primary N) is 1. The van der Waals surface area contributed by atoms with Crippen molar-refractivity contribution in [1.29, 1.82) is 0 Å². The summed E-state index contributed by atoms with van der Waals surface area (Å²) in [7, 11) is 0. The molecule has 2 aromatic carbocycles. The molecule has 0 heterocycles. The van der Waals surface area contributed by atoms with Gasteiger partial charge in [-0.05, 0) is 42.7 Å². The molecule has 1 atom stereocenters. The van der Waals surface area contributed by atoms with E-state index in [2.05, 4.69) is 0 Å². The van der Waals surface area contributed by atoms with Crippen molar-refractivity contribution in [3.05, 3.63) is 64.2 Å². The molecule has 100 valence electrons. The highest BCUT2D eigenvalue weighted by molar-refractivity contribution is 6.30. The van der Waals surface area contributed by atoms with Crippen LogP contribution in [0.1, 0.15) is 22.7 Å². The number of hydrogen-bond donors (Lipinski definition) is 1. The van der Waals surface area contributed by atoms with E-state index in [4.69, 9.17) is 22.1 Å². The summed E-state index contributed by atoms with van der Waals surface area (Å²) in [6.45, 7) is 4.53. The lowest BCUT2D eigenvalue weighted by Gasteiger charge is -2.16. The van der Waals surface area contributed by atoms with Crippen LogP contribution in [-0.4, -0.2) is 6.61 Å². The SMILES string of the molecule is Cc1cccc(C)c1OCC(N)c1ccc(Cl)cc1. The number of halogens is 1. The van der Waals surface area contributed by atoms with E-state index in [0.29, 0.717) is 11.6 Å². The average Bonchev–Trinajstić information content (AvgIpc) is 2.38. The van der Waals surface area contributed by atoms with Crippen molar-refractivity contribution < 1.29 is 4.74 Å². The molecule has 1 unspecified atom stereocenters. The maximum atomic E-state index is 6.12. The maximum absolute atomic E-state index is 6.12. The number of aryl methyl sites for hydroxylation is 2. The molecule has 0 aliphatic heterocycles. The van der Waals surface area contributed by atoms with Crippen molar-refractivity contribution in [2.75, 3.05) is 6.61 Å². The van der Waals surface area contributed by atoms with E-state index in [1.165, 1.54) is 0 Å². The van der Waals surface area contributed by atoms with Crippen LogP contribution in [0.4, 0.5) is 0 Å². The molecular formula is C16H18ClNO. The molecule has 2 rings (SSSR count). The van der Waals surface area contributed by atoms with Crippen LogP contribution in [0.2, 0.25) is 5.02 Å². The Morgan fingerprint density at radius 3 is 2.21 bits per heavy atom. The molecule has 0 aliphatic rings. The van der Waals surface area contributed by atoms with Gasteiger partial charge in [-0.2, -0.15) is 0 Å². The molecule has 0 fully saturated rings. The number of rotatable bonds is 4. The van der Waals surface area contributed by atoms with Gasteiger partial charge in [-0.25, -0.2) is 0 Å². The van der Waals surface area contributed by atoms with Gasteiger partial charge in [0.15, 0.2) is 0 Å². The Labute approximate surface area is 119 Å². The van der Waals surface area contributed by atoms with Crippen LogP contribution < -0.4 is 10.5 Å². The fraction of sp³-hybridized carbons (Fsp3) is 0.250. The van der Waals surface area contributed by atoms with Crippen molar-refractivity contribution in [3.63, 3.8) is 0 Å². The first-order chi connectivity index (χ1) is 9.08. The van der Waals surface area contributed by atoms with E-state index in [0.717, 1.165) is 22.4 Å². The monoisotopic (exact) mass is 275 g/mol. The molecule has 0 bridgehead atoms. The van der Waals surface area contributed by atoms with Gasteiger partial charge in [0, 0.05) is 5.02 Å². The van der Waals surface area contributed by atoms with Gasteiger partial charge in [-0.3, -0.25) is 0 Å². The molecule has 2 nitrogen and oxygen atoms in total. The summed E-state index contributed by atoms with van der Waals surface area (Å²) < 4.78 is 5.86. The van der Waals surface area contributed by atoms with E-state index < -0.39 is 0 Å². The highest BCUT2D eigenvalue weighted by Gasteiger charge is 2.09. The first-order valence-electron chi connectivity index (χ1n) is 6.28. The lowest BCUT2D eigenvalue weighted by atomic mass is 10.1. The Morgan fingerprint density at radius 1 is 1.05 bits per heavy atom. The van der Waals surface area contributed by atoms with Gasteiger partial charge in [0.25, 0.3) is 0 Å². The molecule has 2 N–H and O–H groups in total. The maximum Gasteiger partial charge on any atom is 0.125 e. The fourth-order valence-electron chi connectivity index (χ4n) is 2.01. The first-order valence-corrected chi connectivity index (χ1v) is 6.66. The standard InChI is InChI=1S/C16H18ClNO/c1-11-4-3-5-12(2)16(11)19-10-15(18)13-6-8-14(17)9-7-13/h3-9,15H,10,18H2,1-2H3. The number of para-hydroxylation sites is 1. The summed E-state index contributed by atoms with van der Waals surface area (Å²) in [6.07, 6.45) is 0. The lowest BCUT2D eigenvalue weighted by Crippen LogP contribution is -2.19. The topological polar surface area (TPSA) is 35.2 Å². The van der Waals surface area contributed by atoms with Crippen LogP contribution in [0.25, 0.3) is 0 Å². The Balaban J connectivity index is 2.04. The molecular weight excluding hydrogens is 258 g/mol. The third-order valence-electron chi connectivity index (χ3n) is 3.11. The van der Waals surface area contributed by atoms with E-state index in [-0.39, 0.29) is 6.04 Å². The summed E-state index contributed by atoms with van der Waals surface area (Å²) >= 11 is 5.86. The Kier molecular flexibility index (Phi) is 4.46. The van der Waals surface area contributed by atoms with Crippen LogP contribution in [0.5, 0.6) is 5.75 Å². The van der Waals surface area contributed by atoms with Crippen LogP contribution >= 0.6 is 11.6 Å². The molecule has 0 saturated heterocycles. The van der Waals surface area contributed by atoms with Crippen LogP contribution in [-0.2, 0) is 0 Å². The fourth-order valence-corrected chi connectivity index (χ4v) is 2.13.